The highest BCUT2D eigenvalue weighted by Gasteiger charge is 2.33. The Kier molecular flexibility index (Phi) is 5.16. The summed E-state index contributed by atoms with van der Waals surface area (Å²) in [7, 11) is 1.81. The van der Waals surface area contributed by atoms with Gasteiger partial charge >= 0.3 is 6.18 Å². The van der Waals surface area contributed by atoms with E-state index in [9.17, 15) is 13.2 Å². The van der Waals surface area contributed by atoms with Gasteiger partial charge in [-0.05, 0) is 30.4 Å². The van der Waals surface area contributed by atoms with Gasteiger partial charge in [0.05, 0.1) is 22.1 Å². The molecule has 3 aromatic heterocycles. The van der Waals surface area contributed by atoms with Crippen molar-refractivity contribution in [2.45, 2.75) is 24.9 Å². The number of nitrogens with zero attached hydrogens (tertiary/aromatic N) is 3. The molecule has 3 heterocycles. The SMILES string of the molecule is CCSc1cc(-c2ccc(C)cc2)sc1-c1nc2cc(C(F)(F)F)ncc2n1C. The highest BCUT2D eigenvalue weighted by Crippen LogP contribution is 2.43. The number of fused-ring (bicyclic) bond motifs is 1. The number of benzene rings is 1. The number of halogens is 3. The maximum absolute atomic E-state index is 13.0. The molecule has 3 nitrogen and oxygen atoms in total. The fraction of sp³-hybridized carbons (Fsp3) is 0.238. The number of imidazole rings is 1. The summed E-state index contributed by atoms with van der Waals surface area (Å²) in [6, 6.07) is 11.5. The molecule has 4 aromatic rings. The van der Waals surface area contributed by atoms with Gasteiger partial charge in [0.2, 0.25) is 0 Å². The van der Waals surface area contributed by atoms with Crippen molar-refractivity contribution in [2.75, 3.05) is 5.75 Å². The molecule has 0 unspecified atom stereocenters. The molecule has 0 amide bonds. The van der Waals surface area contributed by atoms with Gasteiger partial charge in [-0.1, -0.05) is 36.8 Å². The molecule has 0 radical (unpaired) electrons. The predicted octanol–water partition coefficient (Wildman–Crippen LogP) is 6.80. The van der Waals surface area contributed by atoms with Gasteiger partial charge in [0.1, 0.15) is 5.69 Å². The van der Waals surface area contributed by atoms with Gasteiger partial charge in [-0.2, -0.15) is 13.2 Å². The van der Waals surface area contributed by atoms with Gasteiger partial charge in [-0.3, -0.25) is 0 Å². The summed E-state index contributed by atoms with van der Waals surface area (Å²) in [5, 5.41) is 0. The first kappa shape index (κ1) is 20.0. The van der Waals surface area contributed by atoms with Crippen molar-refractivity contribution in [3.05, 3.63) is 53.9 Å². The molecule has 0 aliphatic rings. The summed E-state index contributed by atoms with van der Waals surface area (Å²) in [5.74, 6) is 1.54. The van der Waals surface area contributed by atoms with Gasteiger partial charge in [0.25, 0.3) is 0 Å². The van der Waals surface area contributed by atoms with Crippen molar-refractivity contribution < 1.29 is 13.2 Å². The summed E-state index contributed by atoms with van der Waals surface area (Å²) >= 11 is 3.31. The molecule has 0 bridgehead atoms. The maximum atomic E-state index is 13.0. The molecule has 0 saturated heterocycles. The van der Waals surface area contributed by atoms with Crippen molar-refractivity contribution in [2.24, 2.45) is 7.05 Å². The van der Waals surface area contributed by atoms with Crippen LogP contribution in [0, 0.1) is 6.92 Å². The van der Waals surface area contributed by atoms with Crippen LogP contribution in [-0.4, -0.2) is 20.3 Å². The van der Waals surface area contributed by atoms with Crippen LogP contribution in [0.5, 0.6) is 0 Å². The Morgan fingerprint density at radius 3 is 2.52 bits per heavy atom. The molecule has 0 aliphatic carbocycles. The highest BCUT2D eigenvalue weighted by atomic mass is 32.2. The lowest BCUT2D eigenvalue weighted by Crippen LogP contribution is -2.07. The molecule has 4 rings (SSSR count). The van der Waals surface area contributed by atoms with E-state index in [0.29, 0.717) is 16.9 Å². The minimum atomic E-state index is -4.49. The standard InChI is InChI=1S/C21H18F3N3S2/c1-4-28-17-10-16(13-7-5-12(2)6-8-13)29-19(17)20-26-14-9-18(21(22,23)24)25-11-15(14)27(20)3/h5-11H,4H2,1-3H3. The lowest BCUT2D eigenvalue weighted by molar-refractivity contribution is -0.141. The molecule has 8 heteroatoms. The van der Waals surface area contributed by atoms with Crippen LogP contribution in [-0.2, 0) is 13.2 Å². The van der Waals surface area contributed by atoms with Gasteiger partial charge in [-0.15, -0.1) is 23.1 Å². The zero-order chi connectivity index (χ0) is 20.8. The number of thioether (sulfide) groups is 1. The third kappa shape index (κ3) is 3.79. The van der Waals surface area contributed by atoms with E-state index in [1.807, 2.05) is 18.5 Å². The third-order valence-electron chi connectivity index (χ3n) is 4.59. The summed E-state index contributed by atoms with van der Waals surface area (Å²) in [6.07, 6.45) is -3.24. The van der Waals surface area contributed by atoms with Crippen LogP contribution >= 0.6 is 23.1 Å². The van der Waals surface area contributed by atoms with Crippen molar-refractivity contribution in [1.29, 1.82) is 0 Å². The van der Waals surface area contributed by atoms with Crippen molar-refractivity contribution in [1.82, 2.24) is 14.5 Å². The van der Waals surface area contributed by atoms with Crippen LogP contribution in [0.1, 0.15) is 18.2 Å². The van der Waals surface area contributed by atoms with E-state index in [2.05, 4.69) is 47.2 Å². The van der Waals surface area contributed by atoms with Crippen LogP contribution < -0.4 is 0 Å². The first-order valence-electron chi connectivity index (χ1n) is 9.01. The Labute approximate surface area is 174 Å². The molecule has 29 heavy (non-hydrogen) atoms. The number of aryl methyl sites for hydroxylation is 2. The minimum absolute atomic E-state index is 0.294. The average Bonchev–Trinajstić information content (AvgIpc) is 3.23. The van der Waals surface area contributed by atoms with E-state index < -0.39 is 11.9 Å². The molecule has 0 saturated carbocycles. The fourth-order valence-corrected chi connectivity index (χ4v) is 5.29. The summed E-state index contributed by atoms with van der Waals surface area (Å²) in [5.41, 5.74) is 2.25. The fourth-order valence-electron chi connectivity index (χ4n) is 3.10. The second-order valence-corrected chi connectivity index (χ2v) is 9.01. The van der Waals surface area contributed by atoms with E-state index in [1.165, 1.54) is 11.8 Å². The Morgan fingerprint density at radius 2 is 1.86 bits per heavy atom. The number of rotatable bonds is 4. The Morgan fingerprint density at radius 1 is 1.14 bits per heavy atom. The summed E-state index contributed by atoms with van der Waals surface area (Å²) < 4.78 is 40.9. The van der Waals surface area contributed by atoms with Crippen LogP contribution in [0.15, 0.2) is 47.5 Å². The first-order valence-corrected chi connectivity index (χ1v) is 10.8. The summed E-state index contributed by atoms with van der Waals surface area (Å²) in [4.78, 5) is 11.3. The first-order chi connectivity index (χ1) is 13.8. The molecule has 0 aliphatic heterocycles. The number of hydrogen-bond donors (Lipinski definition) is 0. The van der Waals surface area contributed by atoms with Crippen LogP contribution in [0.3, 0.4) is 0 Å². The summed E-state index contributed by atoms with van der Waals surface area (Å²) in [6.45, 7) is 4.12. The molecular weight excluding hydrogens is 415 g/mol. The molecule has 0 fully saturated rings. The topological polar surface area (TPSA) is 30.7 Å². The monoisotopic (exact) mass is 433 g/mol. The molecular formula is C21H18F3N3S2. The van der Waals surface area contributed by atoms with E-state index >= 15 is 0 Å². The largest absolute Gasteiger partial charge is 0.433 e. The van der Waals surface area contributed by atoms with E-state index in [-0.39, 0.29) is 0 Å². The lowest BCUT2D eigenvalue weighted by Gasteiger charge is -2.05. The predicted molar refractivity (Wildman–Crippen MR) is 113 cm³/mol. The van der Waals surface area contributed by atoms with Crippen molar-refractivity contribution in [3.63, 3.8) is 0 Å². The molecule has 1 aromatic carbocycles. The molecule has 0 atom stereocenters. The third-order valence-corrected chi connectivity index (χ3v) is 6.83. The second kappa shape index (κ2) is 7.50. The quantitative estimate of drug-likeness (QED) is 0.332. The number of thiophene rings is 1. The van der Waals surface area contributed by atoms with Crippen molar-refractivity contribution >= 4 is 34.1 Å². The normalized spacial score (nSPS) is 12.1. The Hall–Kier alpha value is -2.32. The second-order valence-electron chi connectivity index (χ2n) is 6.65. The smallest absolute Gasteiger partial charge is 0.325 e. The van der Waals surface area contributed by atoms with Gasteiger partial charge < -0.3 is 4.57 Å². The minimum Gasteiger partial charge on any atom is -0.325 e. The maximum Gasteiger partial charge on any atom is 0.433 e. The van der Waals surface area contributed by atoms with E-state index in [0.717, 1.165) is 32.0 Å². The number of pyridine rings is 1. The lowest BCUT2D eigenvalue weighted by atomic mass is 10.1. The van der Waals surface area contributed by atoms with E-state index in [4.69, 9.17) is 0 Å². The molecule has 0 spiro atoms. The Bertz CT molecular complexity index is 1170. The number of aromatic nitrogens is 3. The molecule has 150 valence electrons. The number of alkyl halides is 3. The van der Waals surface area contributed by atoms with Crippen molar-refractivity contribution in [3.8, 4) is 21.1 Å². The van der Waals surface area contributed by atoms with Gasteiger partial charge in [0, 0.05) is 16.8 Å². The zero-order valence-electron chi connectivity index (χ0n) is 16.0. The average molecular weight is 434 g/mol. The van der Waals surface area contributed by atoms with Crippen LogP contribution in [0.4, 0.5) is 13.2 Å². The highest BCUT2D eigenvalue weighted by molar-refractivity contribution is 7.99. The van der Waals surface area contributed by atoms with Gasteiger partial charge in [-0.25, -0.2) is 9.97 Å². The van der Waals surface area contributed by atoms with Crippen LogP contribution in [0.25, 0.3) is 32.2 Å². The number of hydrogen-bond acceptors (Lipinski definition) is 4. The molecule has 0 N–H and O–H groups in total. The Balaban J connectivity index is 1.85. The van der Waals surface area contributed by atoms with Gasteiger partial charge in [0.15, 0.2) is 5.82 Å². The van der Waals surface area contributed by atoms with E-state index in [1.54, 1.807) is 23.1 Å². The zero-order valence-corrected chi connectivity index (χ0v) is 17.7. The van der Waals surface area contributed by atoms with Crippen LogP contribution in [0.2, 0.25) is 0 Å².